The first-order valence-electron chi connectivity index (χ1n) is 6.59. The van der Waals surface area contributed by atoms with Crippen molar-refractivity contribution in [2.24, 2.45) is 5.73 Å². The van der Waals surface area contributed by atoms with Crippen LogP contribution in [-0.2, 0) is 13.1 Å². The minimum absolute atomic E-state index is 0.174. The molecule has 1 amide bonds. The van der Waals surface area contributed by atoms with Crippen LogP contribution in [0, 0.1) is 13.8 Å². The lowest BCUT2D eigenvalue weighted by Gasteiger charge is -2.07. The lowest BCUT2D eigenvalue weighted by atomic mass is 10.1. The summed E-state index contributed by atoms with van der Waals surface area (Å²) in [5.41, 5.74) is 10.4. The third-order valence-corrected chi connectivity index (χ3v) is 3.32. The number of nitrogens with one attached hydrogen (secondary N) is 1. The average Bonchev–Trinajstić information content (AvgIpc) is 2.48. The van der Waals surface area contributed by atoms with Gasteiger partial charge in [-0.2, -0.15) is 0 Å². The highest BCUT2D eigenvalue weighted by Crippen LogP contribution is 2.09. The van der Waals surface area contributed by atoms with Crippen molar-refractivity contribution in [3.05, 3.63) is 64.5 Å². The fraction of sp³-hybridized carbons (Fsp3) is 0.250. The van der Waals surface area contributed by atoms with Gasteiger partial charge >= 0.3 is 0 Å². The van der Waals surface area contributed by atoms with Crippen LogP contribution in [0.25, 0.3) is 0 Å². The smallest absolute Gasteiger partial charge is 0.270 e. The number of amides is 1. The maximum Gasteiger partial charge on any atom is 0.270 e. The van der Waals surface area contributed by atoms with Crippen LogP contribution in [0.15, 0.2) is 36.5 Å². The number of carbonyl (C=O) groups excluding carboxylic acids is 1. The molecule has 0 saturated carbocycles. The molecule has 2 rings (SSSR count). The van der Waals surface area contributed by atoms with Crippen LogP contribution in [0.2, 0.25) is 0 Å². The van der Waals surface area contributed by atoms with Gasteiger partial charge < -0.3 is 11.1 Å². The zero-order valence-electron chi connectivity index (χ0n) is 11.8. The van der Waals surface area contributed by atoms with E-state index >= 15 is 0 Å². The van der Waals surface area contributed by atoms with E-state index in [1.165, 1.54) is 11.1 Å². The topological polar surface area (TPSA) is 68.0 Å². The molecular weight excluding hydrogens is 250 g/mol. The molecular formula is C16H19N3O. The highest BCUT2D eigenvalue weighted by atomic mass is 16.1. The second-order valence-corrected chi connectivity index (χ2v) is 4.86. The van der Waals surface area contributed by atoms with Crippen molar-refractivity contribution in [3.8, 4) is 0 Å². The number of nitrogens with zero attached hydrogens (tertiary/aromatic N) is 1. The van der Waals surface area contributed by atoms with E-state index in [-0.39, 0.29) is 5.91 Å². The Morgan fingerprint density at radius 2 is 1.90 bits per heavy atom. The van der Waals surface area contributed by atoms with Crippen molar-refractivity contribution >= 4 is 5.91 Å². The molecule has 0 atom stereocenters. The molecule has 1 heterocycles. The molecule has 104 valence electrons. The predicted molar refractivity (Wildman–Crippen MR) is 79.2 cm³/mol. The Hall–Kier alpha value is -2.20. The van der Waals surface area contributed by atoms with Gasteiger partial charge in [0.1, 0.15) is 5.69 Å². The van der Waals surface area contributed by atoms with E-state index < -0.39 is 0 Å². The van der Waals surface area contributed by atoms with E-state index in [0.29, 0.717) is 18.8 Å². The van der Waals surface area contributed by atoms with Gasteiger partial charge in [0, 0.05) is 19.3 Å². The van der Waals surface area contributed by atoms with Crippen LogP contribution in [0.3, 0.4) is 0 Å². The zero-order chi connectivity index (χ0) is 14.5. The second-order valence-electron chi connectivity index (χ2n) is 4.86. The van der Waals surface area contributed by atoms with Gasteiger partial charge in [-0.3, -0.25) is 9.78 Å². The van der Waals surface area contributed by atoms with Crippen LogP contribution in [0.4, 0.5) is 0 Å². The van der Waals surface area contributed by atoms with E-state index in [9.17, 15) is 4.79 Å². The highest BCUT2D eigenvalue weighted by molar-refractivity contribution is 5.92. The van der Waals surface area contributed by atoms with Crippen molar-refractivity contribution in [1.29, 1.82) is 0 Å². The number of carbonyl (C=O) groups is 1. The van der Waals surface area contributed by atoms with E-state index in [2.05, 4.69) is 36.3 Å². The normalized spacial score (nSPS) is 10.3. The molecule has 1 aromatic carbocycles. The molecule has 0 fully saturated rings. The largest absolute Gasteiger partial charge is 0.347 e. The fourth-order valence-corrected chi connectivity index (χ4v) is 1.87. The molecule has 0 aliphatic heterocycles. The van der Waals surface area contributed by atoms with Crippen molar-refractivity contribution < 1.29 is 4.79 Å². The van der Waals surface area contributed by atoms with Crippen molar-refractivity contribution in [2.45, 2.75) is 26.9 Å². The predicted octanol–water partition coefficient (Wildman–Crippen LogP) is 2.09. The standard InChI is InChI=1S/C16H19N3O/c1-11-3-4-13(7-12(11)2)9-19-16(20)15-6-5-14(8-17)10-18-15/h3-7,10H,8-9,17H2,1-2H3,(H,19,20). The van der Waals surface area contributed by atoms with Crippen LogP contribution < -0.4 is 11.1 Å². The Kier molecular flexibility index (Phi) is 4.48. The third-order valence-electron chi connectivity index (χ3n) is 3.32. The lowest BCUT2D eigenvalue weighted by molar-refractivity contribution is 0.0946. The van der Waals surface area contributed by atoms with Gasteiger partial charge in [-0.15, -0.1) is 0 Å². The van der Waals surface area contributed by atoms with Gasteiger partial charge in [0.25, 0.3) is 5.91 Å². The van der Waals surface area contributed by atoms with Crippen LogP contribution >= 0.6 is 0 Å². The Balaban J connectivity index is 1.98. The Bertz CT molecular complexity index is 606. The summed E-state index contributed by atoms with van der Waals surface area (Å²) in [7, 11) is 0. The number of pyridine rings is 1. The number of aryl methyl sites for hydroxylation is 2. The Morgan fingerprint density at radius 1 is 1.15 bits per heavy atom. The molecule has 3 N–H and O–H groups in total. The molecule has 4 heteroatoms. The first-order chi connectivity index (χ1) is 9.60. The molecule has 1 aromatic heterocycles. The number of benzene rings is 1. The summed E-state index contributed by atoms with van der Waals surface area (Å²) in [5, 5.41) is 2.87. The monoisotopic (exact) mass is 269 g/mol. The maximum atomic E-state index is 12.0. The van der Waals surface area contributed by atoms with Gasteiger partial charge in [0.05, 0.1) is 0 Å². The molecule has 4 nitrogen and oxygen atoms in total. The Labute approximate surface area is 119 Å². The molecule has 0 saturated heterocycles. The van der Waals surface area contributed by atoms with Gasteiger partial charge in [-0.1, -0.05) is 24.3 Å². The summed E-state index contributed by atoms with van der Waals surface area (Å²) in [4.78, 5) is 16.1. The molecule has 0 unspecified atom stereocenters. The van der Waals surface area contributed by atoms with Gasteiger partial charge in [0.2, 0.25) is 0 Å². The maximum absolute atomic E-state index is 12.0. The molecule has 0 aliphatic carbocycles. The van der Waals surface area contributed by atoms with Crippen molar-refractivity contribution in [3.63, 3.8) is 0 Å². The fourth-order valence-electron chi connectivity index (χ4n) is 1.87. The number of aromatic nitrogens is 1. The van der Waals surface area contributed by atoms with Crippen LogP contribution in [0.5, 0.6) is 0 Å². The van der Waals surface area contributed by atoms with E-state index in [1.54, 1.807) is 12.3 Å². The first kappa shape index (κ1) is 14.2. The highest BCUT2D eigenvalue weighted by Gasteiger charge is 2.06. The minimum Gasteiger partial charge on any atom is -0.347 e. The minimum atomic E-state index is -0.174. The van der Waals surface area contributed by atoms with E-state index in [1.807, 2.05) is 12.1 Å². The summed E-state index contributed by atoms with van der Waals surface area (Å²) in [6.45, 7) is 5.06. The second kappa shape index (κ2) is 6.30. The number of hydrogen-bond donors (Lipinski definition) is 2. The van der Waals surface area contributed by atoms with Crippen molar-refractivity contribution in [1.82, 2.24) is 10.3 Å². The quantitative estimate of drug-likeness (QED) is 0.893. The van der Waals surface area contributed by atoms with Crippen LogP contribution in [-0.4, -0.2) is 10.9 Å². The van der Waals surface area contributed by atoms with Gasteiger partial charge in [-0.05, 0) is 42.2 Å². The van der Waals surface area contributed by atoms with Gasteiger partial charge in [-0.25, -0.2) is 0 Å². The molecule has 0 bridgehead atoms. The molecule has 20 heavy (non-hydrogen) atoms. The zero-order valence-corrected chi connectivity index (χ0v) is 11.8. The van der Waals surface area contributed by atoms with Gasteiger partial charge in [0.15, 0.2) is 0 Å². The number of hydrogen-bond acceptors (Lipinski definition) is 3. The number of rotatable bonds is 4. The summed E-state index contributed by atoms with van der Waals surface area (Å²) in [6.07, 6.45) is 1.63. The third kappa shape index (κ3) is 3.42. The van der Waals surface area contributed by atoms with E-state index in [4.69, 9.17) is 5.73 Å². The number of nitrogens with two attached hydrogens (primary N) is 1. The Morgan fingerprint density at radius 3 is 2.50 bits per heavy atom. The molecule has 2 aromatic rings. The lowest BCUT2D eigenvalue weighted by Crippen LogP contribution is -2.23. The summed E-state index contributed by atoms with van der Waals surface area (Å²) >= 11 is 0. The molecule has 0 aliphatic rings. The average molecular weight is 269 g/mol. The molecule has 0 radical (unpaired) electrons. The molecule has 0 spiro atoms. The summed E-state index contributed by atoms with van der Waals surface area (Å²) in [5.74, 6) is -0.174. The first-order valence-corrected chi connectivity index (χ1v) is 6.59. The summed E-state index contributed by atoms with van der Waals surface area (Å²) in [6, 6.07) is 9.68. The SMILES string of the molecule is Cc1ccc(CNC(=O)c2ccc(CN)cn2)cc1C. The van der Waals surface area contributed by atoms with Crippen molar-refractivity contribution in [2.75, 3.05) is 0 Å². The summed E-state index contributed by atoms with van der Waals surface area (Å²) < 4.78 is 0. The van der Waals surface area contributed by atoms with E-state index in [0.717, 1.165) is 11.1 Å². The van der Waals surface area contributed by atoms with Crippen LogP contribution in [0.1, 0.15) is 32.7 Å².